The van der Waals surface area contributed by atoms with Crippen LogP contribution in [0.2, 0.25) is 0 Å². The van der Waals surface area contributed by atoms with Crippen LogP contribution in [0.5, 0.6) is 0 Å². The summed E-state index contributed by atoms with van der Waals surface area (Å²) in [5, 5.41) is 0. The van der Waals surface area contributed by atoms with Crippen molar-refractivity contribution in [3.63, 3.8) is 0 Å². The molecule has 97 valence electrons. The first-order valence-corrected chi connectivity index (χ1v) is 6.89. The minimum absolute atomic E-state index is 0. The van der Waals surface area contributed by atoms with Crippen molar-refractivity contribution >= 4 is 29.6 Å². The molecule has 0 N–H and O–H groups in total. The zero-order valence-electron chi connectivity index (χ0n) is 10.9. The third-order valence-corrected chi connectivity index (χ3v) is 2.77. The number of hydrogen-bond acceptors (Lipinski definition) is 1. The minimum atomic E-state index is 0. The Hall–Kier alpha value is 0.700. The van der Waals surface area contributed by atoms with Crippen LogP contribution < -0.4 is 0 Å². The van der Waals surface area contributed by atoms with Crippen molar-refractivity contribution in [2.24, 2.45) is 0 Å². The molecule has 0 rings (SSSR count). The molecule has 0 aliphatic heterocycles. The fourth-order valence-corrected chi connectivity index (χ4v) is 1.79. The van der Waals surface area contributed by atoms with E-state index in [1.807, 2.05) is 6.08 Å². The molecule has 1 nitrogen and oxygen atoms in total. The van der Waals surface area contributed by atoms with Gasteiger partial charge in [0.2, 0.25) is 0 Å². The molecule has 0 saturated carbocycles. The predicted molar refractivity (Wildman–Crippen MR) is 79.7 cm³/mol. The van der Waals surface area contributed by atoms with Gasteiger partial charge in [-0.1, -0.05) is 70.8 Å². The van der Waals surface area contributed by atoms with Gasteiger partial charge in [-0.05, 0) is 6.42 Å². The number of hydrogen-bond donors (Lipinski definition) is 0. The molecule has 0 aliphatic carbocycles. The molecule has 0 aromatic carbocycles. The zero-order chi connectivity index (χ0) is 11.9. The quantitative estimate of drug-likeness (QED) is 0.269. The maximum absolute atomic E-state index is 5.33. The molecule has 0 heterocycles. The molecular formula is C15H30NaO. The van der Waals surface area contributed by atoms with Gasteiger partial charge in [0.05, 0.1) is 6.61 Å². The van der Waals surface area contributed by atoms with Gasteiger partial charge in [-0.3, -0.25) is 0 Å². The van der Waals surface area contributed by atoms with Crippen LogP contribution in [0, 0.1) is 6.92 Å². The summed E-state index contributed by atoms with van der Waals surface area (Å²) in [4.78, 5) is 0. The molecule has 0 amide bonds. The van der Waals surface area contributed by atoms with Crippen LogP contribution in [0.3, 0.4) is 0 Å². The van der Waals surface area contributed by atoms with Gasteiger partial charge in [-0.15, -0.1) is 6.58 Å². The van der Waals surface area contributed by atoms with Gasteiger partial charge >= 0.3 is 29.6 Å². The van der Waals surface area contributed by atoms with Crippen molar-refractivity contribution in [1.29, 1.82) is 0 Å². The first-order chi connectivity index (χ1) is 7.91. The third-order valence-electron chi connectivity index (χ3n) is 2.77. The second-order valence-electron chi connectivity index (χ2n) is 4.40. The van der Waals surface area contributed by atoms with Crippen LogP contribution in [0.15, 0.2) is 12.7 Å². The van der Waals surface area contributed by atoms with E-state index in [1.165, 1.54) is 57.8 Å². The molecule has 1 radical (unpaired) electrons. The first-order valence-electron chi connectivity index (χ1n) is 6.89. The standard InChI is InChI=1S/C15H29O.Na.H/c1-3-5-6-7-8-9-10-11-12-13-15-16-14-4-2;;/h4H,1-3,5-15H2;;. The normalized spacial score (nSPS) is 9.94. The van der Waals surface area contributed by atoms with E-state index in [0.717, 1.165) is 13.0 Å². The van der Waals surface area contributed by atoms with E-state index >= 15 is 0 Å². The number of rotatable bonds is 13. The van der Waals surface area contributed by atoms with E-state index in [0.29, 0.717) is 6.61 Å². The molecule has 2 heteroatoms. The summed E-state index contributed by atoms with van der Waals surface area (Å²) in [6, 6.07) is 0. The van der Waals surface area contributed by atoms with E-state index in [2.05, 4.69) is 13.5 Å². The van der Waals surface area contributed by atoms with Crippen LogP contribution in [0.1, 0.15) is 64.2 Å². The van der Waals surface area contributed by atoms with Gasteiger partial charge in [0.1, 0.15) is 0 Å². The Balaban J connectivity index is 0. The first kappa shape index (κ1) is 20.0. The average molecular weight is 249 g/mol. The summed E-state index contributed by atoms with van der Waals surface area (Å²) >= 11 is 0. The molecule has 0 fully saturated rings. The third kappa shape index (κ3) is 19.2. The Morgan fingerprint density at radius 2 is 1.24 bits per heavy atom. The molecule has 0 aliphatic rings. The molecular weight excluding hydrogens is 219 g/mol. The van der Waals surface area contributed by atoms with E-state index in [4.69, 9.17) is 4.74 Å². The van der Waals surface area contributed by atoms with Crippen molar-refractivity contribution in [3.8, 4) is 0 Å². The molecule has 0 saturated heterocycles. The second-order valence-corrected chi connectivity index (χ2v) is 4.40. The monoisotopic (exact) mass is 249 g/mol. The summed E-state index contributed by atoms with van der Waals surface area (Å²) < 4.78 is 5.33. The van der Waals surface area contributed by atoms with Crippen molar-refractivity contribution in [2.45, 2.75) is 64.2 Å². The van der Waals surface area contributed by atoms with E-state index in [9.17, 15) is 0 Å². The van der Waals surface area contributed by atoms with Gasteiger partial charge in [0.25, 0.3) is 0 Å². The predicted octanol–water partition coefficient (Wildman–Crippen LogP) is 4.28. The molecule has 0 aromatic heterocycles. The van der Waals surface area contributed by atoms with Crippen molar-refractivity contribution in [3.05, 3.63) is 19.6 Å². The average Bonchev–Trinajstić information content (AvgIpc) is 2.31. The maximum atomic E-state index is 5.33. The fourth-order valence-electron chi connectivity index (χ4n) is 1.79. The number of ether oxygens (including phenoxy) is 1. The molecule has 0 unspecified atom stereocenters. The molecule has 0 atom stereocenters. The molecule has 0 aromatic rings. The Morgan fingerprint density at radius 1 is 0.765 bits per heavy atom. The SMILES string of the molecule is [CH2]CCCCCCCCCCCOCC=C.[NaH]. The van der Waals surface area contributed by atoms with Crippen LogP contribution in [0.25, 0.3) is 0 Å². The summed E-state index contributed by atoms with van der Waals surface area (Å²) in [5.41, 5.74) is 0. The van der Waals surface area contributed by atoms with Gasteiger partial charge in [-0.25, -0.2) is 0 Å². The van der Waals surface area contributed by atoms with Crippen molar-refractivity contribution in [1.82, 2.24) is 0 Å². The Morgan fingerprint density at radius 3 is 1.71 bits per heavy atom. The Kier molecular flexibility index (Phi) is 22.4. The summed E-state index contributed by atoms with van der Waals surface area (Å²) in [6.07, 6.45) is 15.1. The van der Waals surface area contributed by atoms with Gasteiger partial charge in [-0.2, -0.15) is 0 Å². The van der Waals surface area contributed by atoms with Gasteiger partial charge in [0, 0.05) is 6.61 Å². The van der Waals surface area contributed by atoms with Gasteiger partial charge < -0.3 is 4.74 Å². The summed E-state index contributed by atoms with van der Waals surface area (Å²) in [6.45, 7) is 9.08. The Bertz CT molecular complexity index is 137. The van der Waals surface area contributed by atoms with Crippen molar-refractivity contribution < 1.29 is 4.74 Å². The Labute approximate surface area is 131 Å². The van der Waals surface area contributed by atoms with Crippen molar-refractivity contribution in [2.75, 3.05) is 13.2 Å². The summed E-state index contributed by atoms with van der Waals surface area (Å²) in [7, 11) is 0. The molecule has 0 spiro atoms. The molecule has 17 heavy (non-hydrogen) atoms. The van der Waals surface area contributed by atoms with Crippen LogP contribution in [-0.4, -0.2) is 42.8 Å². The van der Waals surface area contributed by atoms with E-state index in [-0.39, 0.29) is 29.6 Å². The van der Waals surface area contributed by atoms with Crippen LogP contribution in [0.4, 0.5) is 0 Å². The zero-order valence-corrected chi connectivity index (χ0v) is 10.9. The summed E-state index contributed by atoms with van der Waals surface area (Å²) in [5.74, 6) is 0. The number of unbranched alkanes of at least 4 members (excludes halogenated alkanes) is 9. The topological polar surface area (TPSA) is 9.23 Å². The molecule has 0 bridgehead atoms. The van der Waals surface area contributed by atoms with E-state index < -0.39 is 0 Å². The van der Waals surface area contributed by atoms with Gasteiger partial charge in [0.15, 0.2) is 0 Å². The van der Waals surface area contributed by atoms with E-state index in [1.54, 1.807) is 0 Å². The van der Waals surface area contributed by atoms with Crippen LogP contribution in [-0.2, 0) is 4.74 Å². The fraction of sp³-hybridized carbons (Fsp3) is 0.800. The second kappa shape index (κ2) is 19.0. The van der Waals surface area contributed by atoms with Crippen LogP contribution >= 0.6 is 0 Å².